The Hall–Kier alpha value is 0.740. The molecule has 0 bridgehead atoms. The van der Waals surface area contributed by atoms with Crippen LogP contribution in [0.3, 0.4) is 0 Å². The summed E-state index contributed by atoms with van der Waals surface area (Å²) in [5.41, 5.74) is 0. The summed E-state index contributed by atoms with van der Waals surface area (Å²) in [4.78, 5) is 0. The Balaban J connectivity index is 0. The van der Waals surface area contributed by atoms with Crippen molar-refractivity contribution in [3.8, 4) is 0 Å². The fourth-order valence-electron chi connectivity index (χ4n) is 0.144. The molecule has 0 aliphatic rings. The summed E-state index contributed by atoms with van der Waals surface area (Å²) in [5.74, 6) is 0. The smallest absolute Gasteiger partial charge is 0.343 e. The molecule has 0 aromatic heterocycles. The average Bonchev–Trinajstić information content (AvgIpc) is 1.41. The summed E-state index contributed by atoms with van der Waals surface area (Å²) in [6.45, 7) is 7.11. The van der Waals surface area contributed by atoms with Crippen LogP contribution in [0, 0.1) is 6.92 Å². The van der Waals surface area contributed by atoms with Crippen molar-refractivity contribution in [3.63, 3.8) is 0 Å². The number of rotatable bonds is 2. The third-order valence-electron chi connectivity index (χ3n) is 0.408. The molecule has 0 radical (unpaired) electrons. The Morgan fingerprint density at radius 2 is 2.17 bits per heavy atom. The minimum atomic E-state index is 0. The minimum absolute atomic E-state index is 0. The predicted octanol–water partition coefficient (Wildman–Crippen LogP) is -1.21. The van der Waals surface area contributed by atoms with Crippen molar-refractivity contribution >= 4 is 0 Å². The maximum absolute atomic E-state index is 3.60. The van der Waals surface area contributed by atoms with Gasteiger partial charge in [0.1, 0.15) is 0 Å². The molecule has 0 rings (SSSR count). The van der Waals surface area contributed by atoms with Crippen LogP contribution in [0.2, 0.25) is 0 Å². The van der Waals surface area contributed by atoms with Gasteiger partial charge in [0, 0.05) is 0 Å². The van der Waals surface area contributed by atoms with Gasteiger partial charge in [0.25, 0.3) is 0 Å². The fraction of sp³-hybridized carbons (Fsp3) is 0.400. The van der Waals surface area contributed by atoms with E-state index in [0.29, 0.717) is 0 Å². The molecule has 0 amide bonds. The molecule has 0 spiro atoms. The van der Waals surface area contributed by atoms with E-state index in [-0.39, 0.29) is 29.6 Å². The van der Waals surface area contributed by atoms with E-state index in [4.69, 9.17) is 0 Å². The van der Waals surface area contributed by atoms with E-state index in [9.17, 15) is 0 Å². The Morgan fingerprint density at radius 1 is 1.67 bits per heavy atom. The molecule has 1 heteroatoms. The third kappa shape index (κ3) is 8.83. The standard InChI is InChI=1S/C5H9.Na/c1-3-5-4-2;/h3H,1-2,4-5H2;/q-1;+1. The molecule has 0 aliphatic heterocycles. The van der Waals surface area contributed by atoms with Crippen LogP contribution in [-0.4, -0.2) is 0 Å². The van der Waals surface area contributed by atoms with Crippen molar-refractivity contribution in [2.45, 2.75) is 12.8 Å². The number of hydrogen-bond donors (Lipinski definition) is 0. The van der Waals surface area contributed by atoms with Crippen LogP contribution in [-0.2, 0) is 0 Å². The molecule has 0 aromatic rings. The number of hydrogen-bond acceptors (Lipinski definition) is 0. The summed E-state index contributed by atoms with van der Waals surface area (Å²) < 4.78 is 0. The molecule has 0 fully saturated rings. The molecule has 0 aliphatic carbocycles. The van der Waals surface area contributed by atoms with E-state index in [2.05, 4.69) is 13.5 Å². The summed E-state index contributed by atoms with van der Waals surface area (Å²) in [5, 5.41) is 0. The fourth-order valence-corrected chi connectivity index (χ4v) is 0.144. The molecular formula is C5H9Na. The molecule has 0 aromatic carbocycles. The Morgan fingerprint density at radius 3 is 2.17 bits per heavy atom. The van der Waals surface area contributed by atoms with Gasteiger partial charge in [-0.15, -0.1) is 6.58 Å². The van der Waals surface area contributed by atoms with Gasteiger partial charge in [-0.25, -0.2) is 0 Å². The van der Waals surface area contributed by atoms with Crippen LogP contribution in [0.5, 0.6) is 0 Å². The summed E-state index contributed by atoms with van der Waals surface area (Å²) >= 11 is 0. The SMILES string of the molecule is C=CCC[CH2-].[Na+]. The molecule has 0 N–H and O–H groups in total. The normalized spacial score (nSPS) is 6.17. The van der Waals surface area contributed by atoms with Gasteiger partial charge in [-0.3, -0.25) is 0 Å². The van der Waals surface area contributed by atoms with E-state index in [1.165, 1.54) is 0 Å². The van der Waals surface area contributed by atoms with Gasteiger partial charge in [-0.2, -0.15) is 6.42 Å². The summed E-state index contributed by atoms with van der Waals surface area (Å²) in [7, 11) is 0. The van der Waals surface area contributed by atoms with Crippen molar-refractivity contribution in [3.05, 3.63) is 19.6 Å². The topological polar surface area (TPSA) is 0 Å². The van der Waals surface area contributed by atoms with Crippen molar-refractivity contribution in [1.82, 2.24) is 0 Å². The van der Waals surface area contributed by atoms with E-state index in [0.717, 1.165) is 12.8 Å². The zero-order chi connectivity index (χ0) is 4.12. The molecule has 30 valence electrons. The second-order valence-electron chi connectivity index (χ2n) is 0.931. The van der Waals surface area contributed by atoms with Gasteiger partial charge in [0.05, 0.1) is 0 Å². The predicted molar refractivity (Wildman–Crippen MR) is 24.8 cm³/mol. The van der Waals surface area contributed by atoms with E-state index in [1.54, 1.807) is 0 Å². The molecule has 0 nitrogen and oxygen atoms in total. The van der Waals surface area contributed by atoms with Crippen LogP contribution < -0.4 is 29.6 Å². The van der Waals surface area contributed by atoms with Gasteiger partial charge in [0.2, 0.25) is 0 Å². The van der Waals surface area contributed by atoms with Crippen molar-refractivity contribution in [1.29, 1.82) is 0 Å². The van der Waals surface area contributed by atoms with E-state index < -0.39 is 0 Å². The Bertz CT molecular complexity index is 25.1. The molecule has 0 heterocycles. The summed E-state index contributed by atoms with van der Waals surface area (Å²) in [6, 6.07) is 0. The molecule has 0 saturated heterocycles. The van der Waals surface area contributed by atoms with Gasteiger partial charge >= 0.3 is 29.6 Å². The number of allylic oxidation sites excluding steroid dienone is 1. The number of unbranched alkanes of at least 4 members (excludes halogenated alkanes) is 1. The van der Waals surface area contributed by atoms with E-state index >= 15 is 0 Å². The molecule has 0 unspecified atom stereocenters. The molecule has 6 heavy (non-hydrogen) atoms. The zero-order valence-electron chi connectivity index (χ0n) is 4.41. The van der Waals surface area contributed by atoms with Crippen molar-refractivity contribution < 1.29 is 29.6 Å². The second-order valence-corrected chi connectivity index (χ2v) is 0.931. The van der Waals surface area contributed by atoms with Gasteiger partial charge in [-0.1, -0.05) is 12.5 Å². The summed E-state index contributed by atoms with van der Waals surface area (Å²) in [6.07, 6.45) is 3.89. The van der Waals surface area contributed by atoms with Gasteiger partial charge in [0.15, 0.2) is 0 Å². The monoisotopic (exact) mass is 92.1 g/mol. The van der Waals surface area contributed by atoms with Gasteiger partial charge < -0.3 is 6.92 Å². The first kappa shape index (κ1) is 9.88. The maximum Gasteiger partial charge on any atom is 1.00 e. The largest absolute Gasteiger partial charge is 1.00 e. The first-order chi connectivity index (χ1) is 2.41. The Labute approximate surface area is 61.9 Å². The van der Waals surface area contributed by atoms with E-state index in [1.807, 2.05) is 6.08 Å². The van der Waals surface area contributed by atoms with Crippen LogP contribution in [0.4, 0.5) is 0 Å². The average molecular weight is 92.1 g/mol. The molecule has 0 saturated carbocycles. The van der Waals surface area contributed by atoms with Gasteiger partial charge in [-0.05, 0) is 0 Å². The van der Waals surface area contributed by atoms with Crippen molar-refractivity contribution in [2.75, 3.05) is 0 Å². The molecule has 0 atom stereocenters. The van der Waals surface area contributed by atoms with Crippen LogP contribution in [0.1, 0.15) is 12.8 Å². The van der Waals surface area contributed by atoms with Crippen LogP contribution in [0.25, 0.3) is 0 Å². The van der Waals surface area contributed by atoms with Crippen LogP contribution in [0.15, 0.2) is 12.7 Å². The maximum atomic E-state index is 3.60. The van der Waals surface area contributed by atoms with Crippen molar-refractivity contribution in [2.24, 2.45) is 0 Å². The first-order valence-electron chi connectivity index (χ1n) is 1.82. The second kappa shape index (κ2) is 9.22. The quantitative estimate of drug-likeness (QED) is 0.228. The van der Waals surface area contributed by atoms with Crippen LogP contribution >= 0.6 is 0 Å². The molecular weight excluding hydrogens is 83.0 g/mol. The first-order valence-corrected chi connectivity index (χ1v) is 1.82. The zero-order valence-corrected chi connectivity index (χ0v) is 6.41. The minimum Gasteiger partial charge on any atom is -0.343 e. The third-order valence-corrected chi connectivity index (χ3v) is 0.408. The Kier molecular flexibility index (Phi) is 15.2.